The number of hydrogen-bond donors (Lipinski definition) is 3. The van der Waals surface area contributed by atoms with Crippen LogP contribution in [0.15, 0.2) is 66.7 Å². The number of carboxylic acid groups (broad SMARTS) is 1. The van der Waals surface area contributed by atoms with Crippen molar-refractivity contribution in [3.63, 3.8) is 0 Å². The Balaban J connectivity index is 1.26. The maximum Gasteiger partial charge on any atom is 0.410 e. The molecule has 8 nitrogen and oxygen atoms in total. The first-order chi connectivity index (χ1) is 18.3. The summed E-state index contributed by atoms with van der Waals surface area (Å²) in [6.07, 6.45) is 0.590. The molecule has 9 heteroatoms. The van der Waals surface area contributed by atoms with Gasteiger partial charge in [-0.05, 0) is 53.6 Å². The monoisotopic (exact) mass is 519 g/mol. The van der Waals surface area contributed by atoms with Crippen molar-refractivity contribution in [2.24, 2.45) is 0 Å². The predicted molar refractivity (Wildman–Crippen MR) is 137 cm³/mol. The molecule has 3 aromatic rings. The van der Waals surface area contributed by atoms with Crippen molar-refractivity contribution >= 4 is 12.1 Å². The van der Waals surface area contributed by atoms with Crippen LogP contribution in [0.2, 0.25) is 0 Å². The molecule has 2 fully saturated rings. The number of halogens is 1. The second-order valence-electron chi connectivity index (χ2n) is 10.1. The van der Waals surface area contributed by atoms with Gasteiger partial charge in [0, 0.05) is 25.2 Å². The molecule has 0 spiro atoms. The molecule has 1 aliphatic heterocycles. The van der Waals surface area contributed by atoms with Crippen LogP contribution in [0.1, 0.15) is 59.5 Å². The van der Waals surface area contributed by atoms with Crippen LogP contribution in [0.5, 0.6) is 0 Å². The summed E-state index contributed by atoms with van der Waals surface area (Å²) >= 11 is 0. The average Bonchev–Trinajstić information content (AvgIpc) is 3.72. The SMILES string of the molecule is O=C(O)CC1(NC(O)c2ccc(C3CC3)c(Cc3ccc(F)cc3)n2)CN(C(=O)OCc2ccccc2)C1. The highest BCUT2D eigenvalue weighted by Crippen LogP contribution is 2.42. The third kappa shape index (κ3) is 6.17. The summed E-state index contributed by atoms with van der Waals surface area (Å²) in [4.78, 5) is 30.3. The van der Waals surface area contributed by atoms with Crippen molar-refractivity contribution in [2.45, 2.75) is 50.0 Å². The van der Waals surface area contributed by atoms with Crippen molar-refractivity contribution in [1.82, 2.24) is 15.2 Å². The highest BCUT2D eigenvalue weighted by Gasteiger charge is 2.48. The number of likely N-dealkylation sites (tertiary alicyclic amines) is 1. The van der Waals surface area contributed by atoms with Crippen molar-refractivity contribution in [3.8, 4) is 0 Å². The number of benzene rings is 2. The number of carbonyl (C=O) groups excluding carboxylic acids is 1. The van der Waals surface area contributed by atoms with Crippen molar-refractivity contribution in [1.29, 1.82) is 0 Å². The lowest BCUT2D eigenvalue weighted by molar-refractivity contribution is -0.141. The third-order valence-corrected chi connectivity index (χ3v) is 7.00. The normalized spacial score (nSPS) is 16.9. The van der Waals surface area contributed by atoms with Gasteiger partial charge >= 0.3 is 12.1 Å². The van der Waals surface area contributed by atoms with Gasteiger partial charge in [-0.2, -0.15) is 0 Å². The molecule has 198 valence electrons. The van der Waals surface area contributed by atoms with Crippen LogP contribution in [-0.2, 0) is 22.6 Å². The highest BCUT2D eigenvalue weighted by molar-refractivity contribution is 5.72. The van der Waals surface area contributed by atoms with Crippen LogP contribution in [0, 0.1) is 5.82 Å². The van der Waals surface area contributed by atoms with Gasteiger partial charge in [0.15, 0.2) is 0 Å². The van der Waals surface area contributed by atoms with Gasteiger partial charge < -0.3 is 19.8 Å². The molecule has 1 saturated heterocycles. The largest absolute Gasteiger partial charge is 0.481 e. The molecule has 0 radical (unpaired) electrons. The lowest BCUT2D eigenvalue weighted by Crippen LogP contribution is -2.71. The number of carboxylic acids is 1. The number of amides is 1. The van der Waals surface area contributed by atoms with E-state index < -0.39 is 23.8 Å². The summed E-state index contributed by atoms with van der Waals surface area (Å²) in [5.74, 6) is -0.923. The Morgan fingerprint density at radius 2 is 1.76 bits per heavy atom. The number of nitrogens with one attached hydrogen (secondary N) is 1. The van der Waals surface area contributed by atoms with Crippen molar-refractivity contribution < 1.29 is 28.9 Å². The molecule has 1 atom stereocenters. The van der Waals surface area contributed by atoms with Gasteiger partial charge in [-0.15, -0.1) is 0 Å². The quantitative estimate of drug-likeness (QED) is 0.345. The molecule has 0 bridgehead atoms. The molecule has 2 aliphatic rings. The summed E-state index contributed by atoms with van der Waals surface area (Å²) in [5.41, 5.74) is 3.02. The predicted octanol–water partition coefficient (Wildman–Crippen LogP) is 4.14. The topological polar surface area (TPSA) is 112 Å². The highest BCUT2D eigenvalue weighted by atomic mass is 19.1. The molecule has 5 rings (SSSR count). The van der Waals surface area contributed by atoms with E-state index in [1.165, 1.54) is 17.0 Å². The number of pyridine rings is 1. The number of hydrogen-bond acceptors (Lipinski definition) is 6. The fourth-order valence-corrected chi connectivity index (χ4v) is 4.92. The number of carbonyl (C=O) groups is 2. The van der Waals surface area contributed by atoms with Gasteiger partial charge in [-0.3, -0.25) is 15.1 Å². The van der Waals surface area contributed by atoms with Crippen LogP contribution in [0.3, 0.4) is 0 Å². The lowest BCUT2D eigenvalue weighted by atomic mass is 9.86. The Morgan fingerprint density at radius 1 is 1.05 bits per heavy atom. The molecular weight excluding hydrogens is 489 g/mol. The smallest absolute Gasteiger partial charge is 0.410 e. The van der Waals surface area contributed by atoms with Gasteiger partial charge in [0.2, 0.25) is 0 Å². The number of rotatable bonds is 10. The fraction of sp³-hybridized carbons (Fsp3) is 0.345. The Hall–Kier alpha value is -3.82. The van der Waals surface area contributed by atoms with Crippen LogP contribution >= 0.6 is 0 Å². The van der Waals surface area contributed by atoms with Gasteiger partial charge in [0.05, 0.1) is 17.7 Å². The zero-order chi connectivity index (χ0) is 26.7. The molecule has 1 aliphatic carbocycles. The molecule has 2 aromatic carbocycles. The fourth-order valence-electron chi connectivity index (χ4n) is 4.92. The van der Waals surface area contributed by atoms with Gasteiger partial charge in [-0.1, -0.05) is 48.5 Å². The first-order valence-corrected chi connectivity index (χ1v) is 12.7. The second-order valence-corrected chi connectivity index (χ2v) is 10.1. The van der Waals surface area contributed by atoms with E-state index in [1.54, 1.807) is 18.2 Å². The summed E-state index contributed by atoms with van der Waals surface area (Å²) in [7, 11) is 0. The van der Waals surface area contributed by atoms with E-state index in [1.807, 2.05) is 36.4 Å². The molecular formula is C29H30FN3O5. The third-order valence-electron chi connectivity index (χ3n) is 7.00. The van der Waals surface area contributed by atoms with E-state index in [0.29, 0.717) is 18.0 Å². The Kier molecular flexibility index (Phi) is 7.40. The summed E-state index contributed by atoms with van der Waals surface area (Å²) < 4.78 is 18.7. The standard InChI is InChI=1S/C29H30FN3O5/c30-22-10-6-19(7-11-22)14-25-23(21-8-9-21)12-13-24(31-25)27(36)32-29(15-26(34)35)17-33(18-29)28(37)38-16-20-4-2-1-3-5-20/h1-7,10-13,21,27,32,36H,8-9,14-18H2,(H,34,35). The second kappa shape index (κ2) is 10.9. The van der Waals surface area contributed by atoms with E-state index in [2.05, 4.69) is 5.32 Å². The summed E-state index contributed by atoms with van der Waals surface area (Å²) in [6.45, 7) is 0.269. The van der Waals surface area contributed by atoms with Crippen LogP contribution < -0.4 is 5.32 Å². The van der Waals surface area contributed by atoms with Crippen molar-refractivity contribution in [3.05, 3.63) is 101 Å². The molecule has 1 aromatic heterocycles. The van der Waals surface area contributed by atoms with Crippen LogP contribution in [0.4, 0.5) is 9.18 Å². The van der Waals surface area contributed by atoms with Crippen LogP contribution in [0.25, 0.3) is 0 Å². The Morgan fingerprint density at radius 3 is 2.42 bits per heavy atom. The number of nitrogens with zero attached hydrogens (tertiary/aromatic N) is 2. The first-order valence-electron chi connectivity index (χ1n) is 12.7. The number of aliphatic carboxylic acids is 1. The van der Waals surface area contributed by atoms with E-state index in [-0.39, 0.29) is 31.9 Å². The lowest BCUT2D eigenvalue weighted by Gasteiger charge is -2.50. The van der Waals surface area contributed by atoms with Crippen LogP contribution in [-0.4, -0.2) is 50.8 Å². The number of aliphatic hydroxyl groups excluding tert-OH is 1. The average molecular weight is 520 g/mol. The summed E-state index contributed by atoms with van der Waals surface area (Å²) in [5, 5.41) is 23.6. The number of aliphatic hydroxyl groups is 1. The van der Waals surface area contributed by atoms with Crippen molar-refractivity contribution in [2.75, 3.05) is 13.1 Å². The van der Waals surface area contributed by atoms with Gasteiger partial charge in [0.1, 0.15) is 18.7 Å². The van der Waals surface area contributed by atoms with E-state index in [0.717, 1.165) is 35.2 Å². The zero-order valence-electron chi connectivity index (χ0n) is 20.8. The van der Waals surface area contributed by atoms with Gasteiger partial charge in [-0.25, -0.2) is 9.18 Å². The van der Waals surface area contributed by atoms with E-state index >= 15 is 0 Å². The molecule has 2 heterocycles. The van der Waals surface area contributed by atoms with E-state index in [4.69, 9.17) is 9.72 Å². The Bertz CT molecular complexity index is 1290. The molecule has 1 unspecified atom stereocenters. The minimum Gasteiger partial charge on any atom is -0.481 e. The maximum atomic E-state index is 13.4. The number of ether oxygens (including phenoxy) is 1. The zero-order valence-corrected chi connectivity index (χ0v) is 20.8. The first kappa shape index (κ1) is 25.8. The molecule has 1 amide bonds. The van der Waals surface area contributed by atoms with E-state index in [9.17, 15) is 24.2 Å². The minimum absolute atomic E-state index is 0.0760. The Labute approximate surface area is 220 Å². The molecule has 38 heavy (non-hydrogen) atoms. The molecule has 3 N–H and O–H groups in total. The number of aromatic nitrogens is 1. The maximum absolute atomic E-state index is 13.4. The minimum atomic E-state index is -1.24. The van der Waals surface area contributed by atoms with Gasteiger partial charge in [0.25, 0.3) is 0 Å². The summed E-state index contributed by atoms with van der Waals surface area (Å²) in [6, 6.07) is 19.2. The molecule has 1 saturated carbocycles.